The van der Waals surface area contributed by atoms with Crippen molar-refractivity contribution in [1.29, 1.82) is 0 Å². The Hall–Kier alpha value is -0.710. The molecule has 2 atom stereocenters. The molecule has 0 aromatic heterocycles. The van der Waals surface area contributed by atoms with Crippen molar-refractivity contribution < 1.29 is 18.7 Å². The predicted octanol–water partition coefficient (Wildman–Crippen LogP) is 0.385. The molecule has 0 aliphatic carbocycles. The second kappa shape index (κ2) is 5.03. The van der Waals surface area contributed by atoms with E-state index >= 15 is 0 Å². The van der Waals surface area contributed by atoms with Gasteiger partial charge in [-0.2, -0.15) is 8.78 Å². The fourth-order valence-corrected chi connectivity index (χ4v) is 0.588. The summed E-state index contributed by atoms with van der Waals surface area (Å²) in [5.41, 5.74) is 0. The van der Waals surface area contributed by atoms with Crippen LogP contribution < -0.4 is 5.32 Å². The first-order chi connectivity index (χ1) is 5.49. The van der Waals surface area contributed by atoms with Gasteiger partial charge in [-0.05, 0) is 12.8 Å². The minimum absolute atomic E-state index is 0.134. The highest BCUT2D eigenvalue weighted by Crippen LogP contribution is 2.02. The van der Waals surface area contributed by atoms with Crippen LogP contribution in [0.1, 0.15) is 13.8 Å². The lowest BCUT2D eigenvalue weighted by molar-refractivity contribution is -0.132. The van der Waals surface area contributed by atoms with Crippen LogP contribution in [0.2, 0.25) is 0 Å². The molecule has 0 aliphatic rings. The number of carbonyl (C=O) groups excluding carboxylic acids is 1. The number of hydrogen-bond donors (Lipinski definition) is 2. The SMILES string of the molecule is CC(CO)C(C)NC(=O)C(F)F. The molecule has 1 amide bonds. The number of nitrogens with one attached hydrogen (secondary N) is 1. The summed E-state index contributed by atoms with van der Waals surface area (Å²) in [4.78, 5) is 10.4. The Morgan fingerprint density at radius 1 is 1.50 bits per heavy atom. The lowest BCUT2D eigenvalue weighted by Gasteiger charge is -2.18. The van der Waals surface area contributed by atoms with E-state index < -0.39 is 18.4 Å². The van der Waals surface area contributed by atoms with Crippen LogP contribution in [-0.4, -0.2) is 30.1 Å². The van der Waals surface area contributed by atoms with Crippen LogP contribution in [0.4, 0.5) is 8.78 Å². The fraction of sp³-hybridized carbons (Fsp3) is 0.857. The lowest BCUT2D eigenvalue weighted by Crippen LogP contribution is -2.41. The van der Waals surface area contributed by atoms with Gasteiger partial charge in [-0.3, -0.25) is 4.79 Å². The number of aliphatic hydroxyl groups is 1. The highest BCUT2D eigenvalue weighted by Gasteiger charge is 2.19. The number of halogens is 2. The number of alkyl halides is 2. The van der Waals surface area contributed by atoms with Crippen LogP contribution in [-0.2, 0) is 4.79 Å². The minimum Gasteiger partial charge on any atom is -0.396 e. The predicted molar refractivity (Wildman–Crippen MR) is 39.9 cm³/mol. The Balaban J connectivity index is 3.83. The van der Waals surface area contributed by atoms with Crippen molar-refractivity contribution in [1.82, 2.24) is 5.32 Å². The molecule has 0 saturated heterocycles. The molecule has 2 N–H and O–H groups in total. The Morgan fingerprint density at radius 3 is 2.33 bits per heavy atom. The van der Waals surface area contributed by atoms with Crippen LogP contribution in [0, 0.1) is 5.92 Å². The Labute approximate surface area is 69.8 Å². The summed E-state index contributed by atoms with van der Waals surface area (Å²) < 4.78 is 23.4. The molecule has 0 aromatic rings. The average Bonchev–Trinajstić information content (AvgIpc) is 2.02. The molecular formula is C7H13F2NO2. The molecule has 0 bridgehead atoms. The summed E-state index contributed by atoms with van der Waals surface area (Å²) >= 11 is 0. The standard InChI is InChI=1S/C7H13F2NO2/c1-4(3-11)5(2)10-7(12)6(8)9/h4-6,11H,3H2,1-2H3,(H,10,12). The molecule has 0 aromatic carbocycles. The topological polar surface area (TPSA) is 49.3 Å². The molecule has 0 aliphatic heterocycles. The van der Waals surface area contributed by atoms with Crippen molar-refractivity contribution in [3.63, 3.8) is 0 Å². The highest BCUT2D eigenvalue weighted by atomic mass is 19.3. The molecule has 0 spiro atoms. The van der Waals surface area contributed by atoms with Gasteiger partial charge in [0.2, 0.25) is 0 Å². The second-order valence-electron chi connectivity index (χ2n) is 2.76. The van der Waals surface area contributed by atoms with Gasteiger partial charge < -0.3 is 10.4 Å². The van der Waals surface area contributed by atoms with Crippen LogP contribution in [0.15, 0.2) is 0 Å². The Bertz CT molecular complexity index is 152. The summed E-state index contributed by atoms with van der Waals surface area (Å²) in [6.07, 6.45) is -2.99. The van der Waals surface area contributed by atoms with Crippen LogP contribution in [0.25, 0.3) is 0 Å². The maximum atomic E-state index is 11.7. The molecule has 12 heavy (non-hydrogen) atoms. The Morgan fingerprint density at radius 2 is 2.00 bits per heavy atom. The molecule has 5 heteroatoms. The van der Waals surface area contributed by atoms with Crippen LogP contribution in [0.5, 0.6) is 0 Å². The molecule has 0 radical (unpaired) electrons. The number of carbonyl (C=O) groups is 1. The third kappa shape index (κ3) is 3.61. The fourth-order valence-electron chi connectivity index (χ4n) is 0.588. The third-order valence-electron chi connectivity index (χ3n) is 1.71. The molecule has 0 fully saturated rings. The summed E-state index contributed by atoms with van der Waals surface area (Å²) in [7, 11) is 0. The van der Waals surface area contributed by atoms with Gasteiger partial charge in [-0.15, -0.1) is 0 Å². The molecule has 0 saturated carbocycles. The van der Waals surface area contributed by atoms with Crippen molar-refractivity contribution in [3.05, 3.63) is 0 Å². The zero-order valence-electron chi connectivity index (χ0n) is 7.05. The van der Waals surface area contributed by atoms with Crippen LogP contribution >= 0.6 is 0 Å². The summed E-state index contributed by atoms with van der Waals surface area (Å²) in [5.74, 6) is -1.50. The first-order valence-corrected chi connectivity index (χ1v) is 3.68. The maximum absolute atomic E-state index is 11.7. The van der Waals surface area contributed by atoms with Gasteiger partial charge in [-0.1, -0.05) is 6.92 Å². The van der Waals surface area contributed by atoms with E-state index in [2.05, 4.69) is 5.32 Å². The third-order valence-corrected chi connectivity index (χ3v) is 1.71. The highest BCUT2D eigenvalue weighted by molar-refractivity contribution is 5.79. The smallest absolute Gasteiger partial charge is 0.315 e. The van der Waals surface area contributed by atoms with Gasteiger partial charge >= 0.3 is 6.43 Å². The van der Waals surface area contributed by atoms with E-state index in [1.165, 1.54) is 0 Å². The van der Waals surface area contributed by atoms with E-state index in [0.29, 0.717) is 0 Å². The van der Waals surface area contributed by atoms with E-state index in [-0.39, 0.29) is 12.5 Å². The number of aliphatic hydroxyl groups excluding tert-OH is 1. The number of amides is 1. The number of rotatable bonds is 4. The van der Waals surface area contributed by atoms with Gasteiger partial charge in [0.1, 0.15) is 0 Å². The maximum Gasteiger partial charge on any atom is 0.315 e. The van der Waals surface area contributed by atoms with Crippen molar-refractivity contribution in [3.8, 4) is 0 Å². The van der Waals surface area contributed by atoms with Gasteiger partial charge in [0.05, 0.1) is 0 Å². The summed E-state index contributed by atoms with van der Waals surface area (Å²) in [6, 6.07) is -0.434. The Kier molecular flexibility index (Phi) is 4.73. The van der Waals surface area contributed by atoms with E-state index in [1.54, 1.807) is 13.8 Å². The summed E-state index contributed by atoms with van der Waals surface area (Å²) in [5, 5.41) is 10.7. The van der Waals surface area contributed by atoms with Gasteiger partial charge in [0, 0.05) is 12.6 Å². The van der Waals surface area contributed by atoms with Gasteiger partial charge in [0.25, 0.3) is 5.91 Å². The molecular weight excluding hydrogens is 168 g/mol. The monoisotopic (exact) mass is 181 g/mol. The van der Waals surface area contributed by atoms with Gasteiger partial charge in [0.15, 0.2) is 0 Å². The lowest BCUT2D eigenvalue weighted by atomic mass is 10.1. The minimum atomic E-state index is -2.99. The molecule has 3 nitrogen and oxygen atoms in total. The largest absolute Gasteiger partial charge is 0.396 e. The zero-order valence-corrected chi connectivity index (χ0v) is 7.05. The van der Waals surface area contributed by atoms with Crippen molar-refractivity contribution in [2.45, 2.75) is 26.3 Å². The zero-order chi connectivity index (χ0) is 9.72. The van der Waals surface area contributed by atoms with E-state index in [0.717, 1.165) is 0 Å². The van der Waals surface area contributed by atoms with Crippen molar-refractivity contribution >= 4 is 5.91 Å². The summed E-state index contributed by atoms with van der Waals surface area (Å²) in [6.45, 7) is 3.10. The van der Waals surface area contributed by atoms with Crippen molar-refractivity contribution in [2.75, 3.05) is 6.61 Å². The molecule has 2 unspecified atom stereocenters. The second-order valence-corrected chi connectivity index (χ2v) is 2.76. The first-order valence-electron chi connectivity index (χ1n) is 3.68. The molecule has 0 rings (SSSR count). The van der Waals surface area contributed by atoms with Crippen LogP contribution in [0.3, 0.4) is 0 Å². The van der Waals surface area contributed by atoms with Gasteiger partial charge in [-0.25, -0.2) is 0 Å². The number of hydrogen-bond acceptors (Lipinski definition) is 2. The normalized spacial score (nSPS) is 15.8. The molecule has 0 heterocycles. The van der Waals surface area contributed by atoms with E-state index in [1.807, 2.05) is 0 Å². The first kappa shape index (κ1) is 11.3. The van der Waals surface area contributed by atoms with Crippen molar-refractivity contribution in [2.24, 2.45) is 5.92 Å². The average molecular weight is 181 g/mol. The van der Waals surface area contributed by atoms with E-state index in [9.17, 15) is 13.6 Å². The van der Waals surface area contributed by atoms with E-state index in [4.69, 9.17) is 5.11 Å². The quantitative estimate of drug-likeness (QED) is 0.659. The molecule has 72 valence electrons.